The highest BCUT2D eigenvalue weighted by molar-refractivity contribution is 5.29. The number of hydrogen-bond donors (Lipinski definition) is 0. The quantitative estimate of drug-likeness (QED) is 0.139. The molecule has 2 aromatic heterocycles. The summed E-state index contributed by atoms with van der Waals surface area (Å²) in [6.45, 7) is 19.1. The van der Waals surface area contributed by atoms with Crippen molar-refractivity contribution >= 4 is 0 Å². The van der Waals surface area contributed by atoms with Crippen molar-refractivity contribution in [2.24, 2.45) is 5.92 Å². The third-order valence-corrected chi connectivity index (χ3v) is 6.16. The third kappa shape index (κ3) is 15.0. The summed E-state index contributed by atoms with van der Waals surface area (Å²) < 4.78 is 9.00. The molecule has 0 spiro atoms. The molecular formula is C39H52N4O. The fourth-order valence-electron chi connectivity index (χ4n) is 4.00. The van der Waals surface area contributed by atoms with Crippen LogP contribution in [0.15, 0.2) is 146 Å². The van der Waals surface area contributed by atoms with E-state index in [1.165, 1.54) is 16.7 Å². The average molecular weight is 593 g/mol. The van der Waals surface area contributed by atoms with Crippen molar-refractivity contribution in [2.45, 2.75) is 61.4 Å². The van der Waals surface area contributed by atoms with Crippen LogP contribution in [0.3, 0.4) is 0 Å². The number of rotatable bonds is 7. The van der Waals surface area contributed by atoms with Gasteiger partial charge in [0.05, 0.1) is 30.8 Å². The van der Waals surface area contributed by atoms with E-state index >= 15 is 0 Å². The zero-order chi connectivity index (χ0) is 32.6. The molecule has 2 heterocycles. The molecule has 5 heteroatoms. The summed E-state index contributed by atoms with van der Waals surface area (Å²) in [5, 5.41) is 8.43. The van der Waals surface area contributed by atoms with Crippen LogP contribution in [0.2, 0.25) is 0 Å². The van der Waals surface area contributed by atoms with Crippen LogP contribution in [0.25, 0.3) is 5.69 Å². The van der Waals surface area contributed by atoms with Gasteiger partial charge in [-0.25, -0.2) is 4.68 Å². The zero-order valence-corrected chi connectivity index (χ0v) is 28.0. The normalized spacial score (nSPS) is 10.2. The van der Waals surface area contributed by atoms with E-state index in [2.05, 4.69) is 68.7 Å². The number of methoxy groups -OCH3 is 1. The van der Waals surface area contributed by atoms with Crippen LogP contribution in [-0.2, 0) is 11.3 Å². The summed E-state index contributed by atoms with van der Waals surface area (Å²) in [5.41, 5.74) is 5.98. The first-order chi connectivity index (χ1) is 21.4. The highest BCUT2D eigenvalue weighted by Crippen LogP contribution is 2.18. The predicted octanol–water partition coefficient (Wildman–Crippen LogP) is 10.3. The van der Waals surface area contributed by atoms with E-state index in [4.69, 9.17) is 4.74 Å². The molecule has 5 aromatic rings. The van der Waals surface area contributed by atoms with E-state index < -0.39 is 0 Å². The van der Waals surface area contributed by atoms with Crippen molar-refractivity contribution in [3.8, 4) is 5.69 Å². The molecule has 0 saturated heterocycles. The minimum Gasteiger partial charge on any atom is -0.501 e. The lowest BCUT2D eigenvalue weighted by Gasteiger charge is -2.12. The maximum absolute atomic E-state index is 5.22. The van der Waals surface area contributed by atoms with Crippen molar-refractivity contribution < 1.29 is 4.74 Å². The fourth-order valence-corrected chi connectivity index (χ4v) is 4.00. The lowest BCUT2D eigenvalue weighted by molar-refractivity contribution is 0.273. The number of benzene rings is 3. The van der Waals surface area contributed by atoms with Gasteiger partial charge in [-0.3, -0.25) is 4.68 Å². The molecule has 5 nitrogen and oxygen atoms in total. The molecule has 0 saturated carbocycles. The van der Waals surface area contributed by atoms with Gasteiger partial charge in [0.15, 0.2) is 0 Å². The number of para-hydroxylation sites is 1. The van der Waals surface area contributed by atoms with Gasteiger partial charge in [0.2, 0.25) is 0 Å². The van der Waals surface area contributed by atoms with Gasteiger partial charge in [-0.15, -0.1) is 0 Å². The van der Waals surface area contributed by atoms with Crippen molar-refractivity contribution in [1.29, 1.82) is 0 Å². The highest BCUT2D eigenvalue weighted by Gasteiger charge is 2.05. The van der Waals surface area contributed by atoms with Gasteiger partial charge >= 0.3 is 0 Å². The van der Waals surface area contributed by atoms with E-state index in [1.807, 2.05) is 127 Å². The van der Waals surface area contributed by atoms with Gasteiger partial charge in [-0.1, -0.05) is 132 Å². The standard InChI is InChI=1S/C11H12N2.C10H18O.C9H8N2.C7H8.C2H6/c1-10-7-8-13(12-10)9-11-5-3-2-4-6-11;1-6-9(8(3)4)10(7-2)11-5;1-2-5-9(6-3-1)11-8-4-7-10-11;1-7-5-3-2-4-6-7;1-2/h2-8H,9H2,1H3;6,8H,1,7H2,2-5H3;1-8H;2-6H,1H3;1-2H3/b;10-9-;;;. The fraction of sp³-hybridized carbons (Fsp3) is 0.282. The van der Waals surface area contributed by atoms with Gasteiger partial charge in [-0.2, -0.15) is 10.2 Å². The maximum Gasteiger partial charge on any atom is 0.0986 e. The van der Waals surface area contributed by atoms with Crippen LogP contribution < -0.4 is 0 Å². The van der Waals surface area contributed by atoms with Crippen molar-refractivity contribution in [1.82, 2.24) is 19.6 Å². The second-order valence-corrected chi connectivity index (χ2v) is 9.88. The Hall–Kier alpha value is -4.64. The molecular weight excluding hydrogens is 540 g/mol. The molecule has 0 amide bonds. The number of ether oxygens (including phenoxy) is 1. The Morgan fingerprint density at radius 1 is 0.818 bits per heavy atom. The number of nitrogens with zero attached hydrogens (tertiary/aromatic N) is 4. The second kappa shape index (κ2) is 22.9. The van der Waals surface area contributed by atoms with Crippen LogP contribution >= 0.6 is 0 Å². The van der Waals surface area contributed by atoms with Crippen molar-refractivity contribution in [3.63, 3.8) is 0 Å². The van der Waals surface area contributed by atoms with E-state index in [0.717, 1.165) is 30.1 Å². The molecule has 0 fully saturated rings. The summed E-state index contributed by atoms with van der Waals surface area (Å²) >= 11 is 0. The molecule has 0 atom stereocenters. The monoisotopic (exact) mass is 592 g/mol. The Morgan fingerprint density at radius 3 is 1.75 bits per heavy atom. The number of aryl methyl sites for hydroxylation is 2. The van der Waals surface area contributed by atoms with E-state index in [-0.39, 0.29) is 0 Å². The summed E-state index contributed by atoms with van der Waals surface area (Å²) in [7, 11) is 1.71. The van der Waals surface area contributed by atoms with Gasteiger partial charge in [0.25, 0.3) is 0 Å². The molecule has 0 aliphatic heterocycles. The van der Waals surface area contributed by atoms with Crippen molar-refractivity contribution in [2.75, 3.05) is 7.11 Å². The highest BCUT2D eigenvalue weighted by atomic mass is 16.5. The minimum absolute atomic E-state index is 0.502. The lowest BCUT2D eigenvalue weighted by Crippen LogP contribution is -1.99. The summed E-state index contributed by atoms with van der Waals surface area (Å²) in [4.78, 5) is 0. The molecule has 44 heavy (non-hydrogen) atoms. The number of aromatic nitrogens is 4. The molecule has 0 aliphatic carbocycles. The third-order valence-electron chi connectivity index (χ3n) is 6.16. The summed E-state index contributed by atoms with van der Waals surface area (Å²) in [6.07, 6.45) is 8.52. The Kier molecular flexibility index (Phi) is 19.5. The van der Waals surface area contributed by atoms with Crippen LogP contribution in [0.1, 0.15) is 57.9 Å². The number of hydrogen-bond acceptors (Lipinski definition) is 3. The Balaban J connectivity index is 0.000000293. The van der Waals surface area contributed by atoms with Crippen LogP contribution in [0, 0.1) is 19.8 Å². The topological polar surface area (TPSA) is 44.9 Å². The Labute approximate surface area is 266 Å². The molecule has 5 rings (SSSR count). The van der Waals surface area contributed by atoms with Gasteiger partial charge in [0.1, 0.15) is 0 Å². The van der Waals surface area contributed by atoms with Gasteiger partial charge < -0.3 is 4.74 Å². The zero-order valence-electron chi connectivity index (χ0n) is 28.0. The van der Waals surface area contributed by atoms with E-state index in [9.17, 15) is 0 Å². The van der Waals surface area contributed by atoms with E-state index in [1.54, 1.807) is 13.3 Å². The summed E-state index contributed by atoms with van der Waals surface area (Å²) in [5.74, 6) is 1.55. The molecule has 0 unspecified atom stereocenters. The van der Waals surface area contributed by atoms with E-state index in [0.29, 0.717) is 5.92 Å². The SMILES string of the molecule is C=C/C(=C(\CC)OC)C(C)C.CC.Cc1ccccc1.Cc1ccn(Cc2ccccc2)n1.c1ccc(-n2cccn2)cc1. The molecule has 0 aliphatic rings. The average Bonchev–Trinajstić information content (AvgIpc) is 3.75. The first-order valence-electron chi connectivity index (χ1n) is 15.4. The smallest absolute Gasteiger partial charge is 0.0986 e. The molecule has 3 aromatic carbocycles. The van der Waals surface area contributed by atoms with Crippen molar-refractivity contribution in [3.05, 3.63) is 163 Å². The first kappa shape index (κ1) is 37.4. The lowest BCUT2D eigenvalue weighted by atomic mass is 10.0. The predicted molar refractivity (Wildman–Crippen MR) is 188 cm³/mol. The molecule has 0 bridgehead atoms. The van der Waals surface area contributed by atoms with Crippen LogP contribution in [0.5, 0.6) is 0 Å². The Morgan fingerprint density at radius 2 is 1.39 bits per heavy atom. The minimum atomic E-state index is 0.502. The Bertz CT molecular complexity index is 1400. The van der Waals surface area contributed by atoms with Gasteiger partial charge in [0, 0.05) is 25.0 Å². The largest absolute Gasteiger partial charge is 0.501 e. The number of allylic oxidation sites excluding steroid dienone is 3. The first-order valence-corrected chi connectivity index (χ1v) is 15.4. The molecule has 0 N–H and O–H groups in total. The molecule has 0 radical (unpaired) electrons. The van der Waals surface area contributed by atoms with Gasteiger partial charge in [-0.05, 0) is 55.2 Å². The maximum atomic E-state index is 5.22. The second-order valence-electron chi connectivity index (χ2n) is 9.88. The molecule has 234 valence electrons. The van der Waals surface area contributed by atoms with Crippen LogP contribution in [-0.4, -0.2) is 26.7 Å². The summed E-state index contributed by atoms with van der Waals surface area (Å²) in [6, 6.07) is 34.6. The van der Waals surface area contributed by atoms with Crippen LogP contribution in [0.4, 0.5) is 0 Å².